The number of benzene rings is 6. The van der Waals surface area contributed by atoms with E-state index in [0.717, 1.165) is 50.2 Å². The van der Waals surface area contributed by atoms with Crippen LogP contribution in [0.4, 0.5) is 0 Å². The topological polar surface area (TPSA) is 284 Å². The number of carbonyl (C=O) groups excluding carboxylic acids is 3. The SMILES string of the molecule is CC#N.CC#N.CC#N.O=C([O-])c1cccc(-c2nc3ccccc3n2-c2ccccc2)n1.O=C([O-])c1cccc(-c2nc3ccccc3n2-c2ccccc2)n1.O=C([O-])c1cccc(-c2nc3ccccc3n2-c2ccccc2)n1.[Eu+3]. The number of carboxylic acids is 3. The van der Waals surface area contributed by atoms with Crippen molar-refractivity contribution in [2.24, 2.45) is 0 Å². The average molecular weight is 1220 g/mol. The molecule has 0 bridgehead atoms. The van der Waals surface area contributed by atoms with Crippen LogP contribution in [0, 0.1) is 83.4 Å². The molecule has 82 heavy (non-hydrogen) atoms. The smallest absolute Gasteiger partial charge is 0.543 e. The number of carboxylic acid groups (broad SMARTS) is 3. The number of fused-ring (bicyclic) bond motifs is 3. The Morgan fingerprint density at radius 3 is 0.780 bits per heavy atom. The first-order chi connectivity index (χ1) is 39.5. The molecule has 400 valence electrons. The molecule has 6 aromatic heterocycles. The van der Waals surface area contributed by atoms with Crippen LogP contribution in [0.1, 0.15) is 52.2 Å². The van der Waals surface area contributed by atoms with Crippen molar-refractivity contribution in [2.45, 2.75) is 20.8 Å². The summed E-state index contributed by atoms with van der Waals surface area (Å²) in [5, 5.41) is 55.3. The molecule has 6 aromatic carbocycles. The van der Waals surface area contributed by atoms with E-state index in [1.165, 1.54) is 39.0 Å². The van der Waals surface area contributed by atoms with Crippen molar-refractivity contribution in [2.75, 3.05) is 0 Å². The normalized spacial score (nSPS) is 9.80. The summed E-state index contributed by atoms with van der Waals surface area (Å²) < 4.78 is 5.91. The Labute approximate surface area is 511 Å². The number of hydrogen-bond acceptors (Lipinski definition) is 15. The van der Waals surface area contributed by atoms with Gasteiger partial charge in [0.05, 0.1) is 86.3 Å². The number of pyridine rings is 3. The van der Waals surface area contributed by atoms with E-state index in [1.54, 1.807) is 54.6 Å². The molecule has 19 heteroatoms. The van der Waals surface area contributed by atoms with Crippen LogP contribution >= 0.6 is 0 Å². The zero-order valence-electron chi connectivity index (χ0n) is 44.0. The summed E-state index contributed by atoms with van der Waals surface area (Å²) in [4.78, 5) is 59.8. The van der Waals surface area contributed by atoms with Crippen LogP contribution < -0.4 is 15.3 Å². The number of aromatic nitrogens is 9. The second kappa shape index (κ2) is 30.1. The fraction of sp³-hybridized carbons (Fsp3) is 0.0476. The summed E-state index contributed by atoms with van der Waals surface area (Å²) in [6.45, 7) is 4.29. The van der Waals surface area contributed by atoms with E-state index in [4.69, 9.17) is 15.8 Å². The van der Waals surface area contributed by atoms with E-state index in [2.05, 4.69) is 29.9 Å². The molecule has 12 rings (SSSR count). The Morgan fingerprint density at radius 2 is 0.549 bits per heavy atom. The van der Waals surface area contributed by atoms with E-state index < -0.39 is 17.9 Å². The molecule has 18 nitrogen and oxygen atoms in total. The van der Waals surface area contributed by atoms with Gasteiger partial charge in [0.25, 0.3) is 0 Å². The monoisotopic (exact) mass is 1220 g/mol. The molecular formula is C63H45EuN12O6. The van der Waals surface area contributed by atoms with Crippen LogP contribution in [-0.4, -0.2) is 61.5 Å². The molecule has 0 saturated heterocycles. The van der Waals surface area contributed by atoms with E-state index in [-0.39, 0.29) is 66.5 Å². The molecule has 0 unspecified atom stereocenters. The van der Waals surface area contributed by atoms with Crippen LogP contribution in [0.25, 0.3) is 84.7 Å². The van der Waals surface area contributed by atoms with Crippen molar-refractivity contribution >= 4 is 51.0 Å². The van der Waals surface area contributed by atoms with Crippen LogP contribution in [0.2, 0.25) is 0 Å². The van der Waals surface area contributed by atoms with Gasteiger partial charge in [-0.25, -0.2) is 29.9 Å². The predicted molar refractivity (Wildman–Crippen MR) is 300 cm³/mol. The number of nitriles is 3. The van der Waals surface area contributed by atoms with Crippen molar-refractivity contribution in [3.05, 3.63) is 235 Å². The van der Waals surface area contributed by atoms with Gasteiger partial charge in [-0.05, 0) is 109 Å². The van der Waals surface area contributed by atoms with Crippen LogP contribution in [-0.2, 0) is 0 Å². The Kier molecular flexibility index (Phi) is 22.4. The van der Waals surface area contributed by atoms with Gasteiger partial charge in [-0.3, -0.25) is 13.7 Å². The van der Waals surface area contributed by atoms with Crippen molar-refractivity contribution in [3.63, 3.8) is 0 Å². The second-order valence-electron chi connectivity index (χ2n) is 16.5. The van der Waals surface area contributed by atoms with Crippen molar-refractivity contribution in [3.8, 4) is 69.8 Å². The zero-order chi connectivity index (χ0) is 57.7. The molecule has 0 aliphatic carbocycles. The standard InChI is InChI=1S/3C19H13N3O2.3C2H3N.Eu/c3*23-19(24)16-11-6-10-15(20-16)18-21-14-9-4-5-12-17(14)22(18)13-7-2-1-3-8-13;3*1-2-3;/h3*1-12H,(H,23,24);3*1H3;/q;;;;;;+3/p-3. The summed E-state index contributed by atoms with van der Waals surface area (Å²) in [5.41, 5.74) is 9.15. The molecule has 0 aliphatic heterocycles. The Balaban J connectivity index is 0.000000183. The first-order valence-electron chi connectivity index (χ1n) is 24.5. The van der Waals surface area contributed by atoms with Gasteiger partial charge < -0.3 is 29.7 Å². The predicted octanol–water partition coefficient (Wildman–Crippen LogP) is 8.94. The minimum atomic E-state index is -1.31. The van der Waals surface area contributed by atoms with E-state index in [9.17, 15) is 29.7 Å². The van der Waals surface area contributed by atoms with Gasteiger partial charge in [0.2, 0.25) is 0 Å². The minimum absolute atomic E-state index is 0. The van der Waals surface area contributed by atoms with Crippen LogP contribution in [0.5, 0.6) is 0 Å². The van der Waals surface area contributed by atoms with E-state index in [0.29, 0.717) is 34.6 Å². The fourth-order valence-corrected chi connectivity index (χ4v) is 8.13. The summed E-state index contributed by atoms with van der Waals surface area (Å²) in [6, 6.07) is 72.2. The first-order valence-corrected chi connectivity index (χ1v) is 24.5. The maximum Gasteiger partial charge on any atom is 3.00 e. The van der Waals surface area contributed by atoms with Gasteiger partial charge >= 0.3 is 49.4 Å². The number of rotatable bonds is 9. The number of carbonyl (C=O) groups is 3. The largest absolute Gasteiger partial charge is 3.00 e. The molecule has 6 heterocycles. The summed E-state index contributed by atoms with van der Waals surface area (Å²) >= 11 is 0. The van der Waals surface area contributed by atoms with Crippen LogP contribution in [0.15, 0.2) is 218 Å². The summed E-state index contributed by atoms with van der Waals surface area (Å²) in [7, 11) is 0. The molecule has 0 spiro atoms. The van der Waals surface area contributed by atoms with Gasteiger partial charge in [0, 0.05) is 37.8 Å². The van der Waals surface area contributed by atoms with Crippen molar-refractivity contribution < 1.29 is 79.1 Å². The zero-order valence-corrected chi connectivity index (χ0v) is 46.4. The third-order valence-electron chi connectivity index (χ3n) is 11.3. The van der Waals surface area contributed by atoms with Gasteiger partial charge in [-0.1, -0.05) is 109 Å². The van der Waals surface area contributed by atoms with E-state index in [1.807, 2.05) is 177 Å². The fourth-order valence-electron chi connectivity index (χ4n) is 8.13. The summed E-state index contributed by atoms with van der Waals surface area (Å²) in [5.74, 6) is -2.15. The molecule has 0 fully saturated rings. The quantitative estimate of drug-likeness (QED) is 0.130. The maximum atomic E-state index is 11.1. The molecule has 0 saturated carbocycles. The van der Waals surface area contributed by atoms with Crippen molar-refractivity contribution in [1.82, 2.24) is 43.6 Å². The molecule has 12 aromatic rings. The molecule has 0 aliphatic rings. The third kappa shape index (κ3) is 14.9. The maximum absolute atomic E-state index is 11.1. The van der Waals surface area contributed by atoms with Gasteiger partial charge in [-0.15, -0.1) is 0 Å². The van der Waals surface area contributed by atoms with Gasteiger partial charge in [0.15, 0.2) is 17.5 Å². The average Bonchev–Trinajstić information content (AvgIpc) is 4.38. The second-order valence-corrected chi connectivity index (χ2v) is 16.5. The summed E-state index contributed by atoms with van der Waals surface area (Å²) in [6.07, 6.45) is 0. The van der Waals surface area contributed by atoms with Crippen LogP contribution in [0.3, 0.4) is 0 Å². The molecule has 0 N–H and O–H groups in total. The first kappa shape index (κ1) is 60.9. The Morgan fingerprint density at radius 1 is 0.329 bits per heavy atom. The van der Waals surface area contributed by atoms with Gasteiger partial charge in [0.1, 0.15) is 17.1 Å². The number of nitrogens with zero attached hydrogens (tertiary/aromatic N) is 12. The third-order valence-corrected chi connectivity index (χ3v) is 11.3. The molecule has 0 radical (unpaired) electrons. The Bertz CT molecular complexity index is 3830. The van der Waals surface area contributed by atoms with Crippen molar-refractivity contribution in [1.29, 1.82) is 15.8 Å². The number of hydrogen-bond donors (Lipinski definition) is 0. The molecular weight excluding hydrogens is 1170 g/mol. The number of imidazole rings is 3. The molecule has 0 amide bonds. The Hall–Kier alpha value is -10.4. The van der Waals surface area contributed by atoms with Gasteiger partial charge in [-0.2, -0.15) is 15.8 Å². The van der Waals surface area contributed by atoms with E-state index >= 15 is 0 Å². The number of para-hydroxylation sites is 9. The number of aromatic carboxylic acids is 3. The minimum Gasteiger partial charge on any atom is -0.543 e. The molecule has 0 atom stereocenters.